The number of methoxy groups -OCH3 is 1. The number of piperidine rings is 1. The van der Waals surface area contributed by atoms with Crippen LogP contribution in [0.3, 0.4) is 0 Å². The van der Waals surface area contributed by atoms with E-state index in [1.54, 1.807) is 0 Å². The maximum Gasteiger partial charge on any atom is 0.323 e. The molecule has 0 amide bonds. The Morgan fingerprint density at radius 1 is 1.35 bits per heavy atom. The Balaban J connectivity index is 1.89. The average Bonchev–Trinajstić information content (AvgIpc) is 3.03. The van der Waals surface area contributed by atoms with E-state index in [-0.39, 0.29) is 36.1 Å². The summed E-state index contributed by atoms with van der Waals surface area (Å²) in [4.78, 5) is 14.4. The van der Waals surface area contributed by atoms with Crippen LogP contribution in [0.25, 0.3) is 0 Å². The molecule has 2 bridgehead atoms. The molecule has 108 valence electrons. The minimum Gasteiger partial charge on any atom is -0.468 e. The van der Waals surface area contributed by atoms with Crippen LogP contribution in [0, 0.1) is 5.92 Å². The minimum atomic E-state index is -0.372. The van der Waals surface area contributed by atoms with E-state index in [1.165, 1.54) is 12.7 Å². The van der Waals surface area contributed by atoms with Crippen LogP contribution in [0.1, 0.15) is 31.4 Å². The number of nitrogens with zero attached hydrogens (tertiary/aromatic N) is 1. The molecule has 0 spiro atoms. The Morgan fingerprint density at radius 2 is 2.05 bits per heavy atom. The van der Waals surface area contributed by atoms with Gasteiger partial charge in [0.15, 0.2) is 0 Å². The molecule has 1 heterocycles. The van der Waals surface area contributed by atoms with Crippen LogP contribution in [0.5, 0.6) is 0 Å². The van der Waals surface area contributed by atoms with E-state index >= 15 is 0 Å². The Bertz CT molecular complexity index is 490. The van der Waals surface area contributed by atoms with E-state index < -0.39 is 0 Å². The summed E-state index contributed by atoms with van der Waals surface area (Å²) in [6.07, 6.45) is 1.27. The third-order valence-corrected chi connectivity index (χ3v) is 4.87. The zero-order chi connectivity index (χ0) is 14.3. The number of hydrogen-bond acceptors (Lipinski definition) is 4. The molecule has 1 aromatic carbocycles. The van der Waals surface area contributed by atoms with E-state index in [9.17, 15) is 9.90 Å². The Morgan fingerprint density at radius 3 is 2.70 bits per heavy atom. The fraction of sp³-hybridized carbons (Fsp3) is 0.562. The van der Waals surface area contributed by atoms with Gasteiger partial charge in [-0.2, -0.15) is 0 Å². The molecule has 5 atom stereocenters. The molecule has 0 aromatic heterocycles. The number of ether oxygens (including phenoxy) is 1. The van der Waals surface area contributed by atoms with Crippen LogP contribution in [0.15, 0.2) is 30.3 Å². The molecule has 4 heteroatoms. The zero-order valence-electron chi connectivity index (χ0n) is 11.9. The normalized spacial score (nSPS) is 34.1. The summed E-state index contributed by atoms with van der Waals surface area (Å²) < 4.78 is 4.96. The van der Waals surface area contributed by atoms with Gasteiger partial charge in [-0.25, -0.2) is 0 Å². The summed E-state index contributed by atoms with van der Waals surface area (Å²) in [6, 6.07) is 10.3. The van der Waals surface area contributed by atoms with Gasteiger partial charge in [-0.05, 0) is 25.3 Å². The summed E-state index contributed by atoms with van der Waals surface area (Å²) in [5, 5.41) is 10.1. The Kier molecular flexibility index (Phi) is 3.52. The van der Waals surface area contributed by atoms with E-state index in [4.69, 9.17) is 4.74 Å². The molecule has 3 rings (SSSR count). The highest BCUT2D eigenvalue weighted by Crippen LogP contribution is 2.46. The van der Waals surface area contributed by atoms with Gasteiger partial charge in [0.05, 0.1) is 13.2 Å². The number of hydrogen-bond donors (Lipinski definition) is 1. The number of likely N-dealkylation sites (tertiary alicyclic amines) is 1. The Labute approximate surface area is 119 Å². The predicted octanol–water partition coefficient (Wildman–Crippen LogP) is 1.74. The van der Waals surface area contributed by atoms with Crippen molar-refractivity contribution in [1.82, 2.24) is 4.90 Å². The number of esters is 1. The minimum absolute atomic E-state index is 0.0126. The molecule has 1 aliphatic carbocycles. The van der Waals surface area contributed by atoms with Gasteiger partial charge in [0.2, 0.25) is 0 Å². The highest BCUT2D eigenvalue weighted by atomic mass is 16.5. The van der Waals surface area contributed by atoms with Crippen LogP contribution >= 0.6 is 0 Å². The van der Waals surface area contributed by atoms with Gasteiger partial charge < -0.3 is 9.84 Å². The van der Waals surface area contributed by atoms with Crippen molar-refractivity contribution < 1.29 is 14.6 Å². The first-order valence-corrected chi connectivity index (χ1v) is 7.21. The van der Waals surface area contributed by atoms with Gasteiger partial charge in [0.25, 0.3) is 0 Å². The van der Waals surface area contributed by atoms with E-state index in [1.807, 2.05) is 18.2 Å². The lowest BCUT2D eigenvalue weighted by atomic mass is 9.93. The Hall–Kier alpha value is -1.39. The lowest BCUT2D eigenvalue weighted by Crippen LogP contribution is -2.51. The maximum absolute atomic E-state index is 12.1. The fourth-order valence-corrected chi connectivity index (χ4v) is 3.93. The van der Waals surface area contributed by atoms with Crippen molar-refractivity contribution >= 4 is 5.97 Å². The summed E-state index contributed by atoms with van der Waals surface area (Å²) in [6.45, 7) is 2.12. The third-order valence-electron chi connectivity index (χ3n) is 4.87. The zero-order valence-corrected chi connectivity index (χ0v) is 11.9. The van der Waals surface area contributed by atoms with Crippen LogP contribution in [-0.2, 0) is 9.53 Å². The SMILES string of the molecule is COC(=O)[C@@H]1[C@@H]2C[C@@H](CC2O)N1[C@H](C)c1ccccc1. The standard InChI is InChI=1S/C16H21NO3/c1-10(11-6-4-3-5-7-11)17-12-8-13(14(18)9-12)15(17)16(19)20-2/h3-7,10,12-15,18H,8-9H2,1-2H3/t10-,12+,13-,14?,15+/m1/s1. The number of aliphatic hydroxyl groups is 1. The molecule has 1 saturated carbocycles. The van der Waals surface area contributed by atoms with Gasteiger partial charge in [-0.3, -0.25) is 9.69 Å². The molecular formula is C16H21NO3. The molecular weight excluding hydrogens is 254 g/mol. The van der Waals surface area contributed by atoms with Gasteiger partial charge in [0.1, 0.15) is 6.04 Å². The number of aliphatic hydroxyl groups excluding tert-OH is 1. The molecule has 1 N–H and O–H groups in total. The highest BCUT2D eigenvalue weighted by Gasteiger charge is 2.55. The second-order valence-corrected chi connectivity index (χ2v) is 5.86. The van der Waals surface area contributed by atoms with Gasteiger partial charge in [0, 0.05) is 18.0 Å². The quantitative estimate of drug-likeness (QED) is 0.854. The van der Waals surface area contributed by atoms with Crippen LogP contribution in [0.4, 0.5) is 0 Å². The fourth-order valence-electron chi connectivity index (χ4n) is 3.93. The number of benzene rings is 1. The third kappa shape index (κ3) is 2.03. The van der Waals surface area contributed by atoms with Crippen molar-refractivity contribution in [3.63, 3.8) is 0 Å². The average molecular weight is 275 g/mol. The maximum atomic E-state index is 12.1. The summed E-state index contributed by atoms with van der Waals surface area (Å²) in [5.41, 5.74) is 1.20. The van der Waals surface area contributed by atoms with Gasteiger partial charge >= 0.3 is 5.97 Å². The smallest absolute Gasteiger partial charge is 0.323 e. The topological polar surface area (TPSA) is 49.8 Å². The first-order valence-electron chi connectivity index (χ1n) is 7.21. The number of carbonyl (C=O) groups excluding carboxylic acids is 1. The van der Waals surface area contributed by atoms with Crippen LogP contribution in [0.2, 0.25) is 0 Å². The van der Waals surface area contributed by atoms with E-state index in [0.29, 0.717) is 0 Å². The monoisotopic (exact) mass is 275 g/mol. The van der Waals surface area contributed by atoms with Crippen molar-refractivity contribution in [1.29, 1.82) is 0 Å². The number of fused-ring (bicyclic) bond motifs is 2. The molecule has 4 nitrogen and oxygen atoms in total. The van der Waals surface area contributed by atoms with Crippen molar-refractivity contribution in [2.24, 2.45) is 5.92 Å². The first-order chi connectivity index (χ1) is 9.63. The number of rotatable bonds is 3. The van der Waals surface area contributed by atoms with Crippen molar-refractivity contribution in [2.75, 3.05) is 7.11 Å². The van der Waals surface area contributed by atoms with Crippen molar-refractivity contribution in [2.45, 2.75) is 44.0 Å². The van der Waals surface area contributed by atoms with Crippen LogP contribution < -0.4 is 0 Å². The lowest BCUT2D eigenvalue weighted by molar-refractivity contribution is -0.152. The molecule has 1 saturated heterocycles. The highest BCUT2D eigenvalue weighted by molar-refractivity contribution is 5.77. The van der Waals surface area contributed by atoms with E-state index in [0.717, 1.165) is 12.8 Å². The predicted molar refractivity (Wildman–Crippen MR) is 75.0 cm³/mol. The molecule has 2 aliphatic rings. The second-order valence-electron chi connectivity index (χ2n) is 5.86. The summed E-state index contributed by atoms with van der Waals surface area (Å²) in [7, 11) is 1.42. The van der Waals surface area contributed by atoms with Crippen molar-refractivity contribution in [3.05, 3.63) is 35.9 Å². The summed E-state index contributed by atoms with van der Waals surface area (Å²) >= 11 is 0. The molecule has 0 radical (unpaired) electrons. The van der Waals surface area contributed by atoms with Gasteiger partial charge in [-0.1, -0.05) is 30.3 Å². The van der Waals surface area contributed by atoms with Crippen LogP contribution in [-0.4, -0.2) is 41.3 Å². The summed E-state index contributed by atoms with van der Waals surface area (Å²) in [5.74, 6) is -0.211. The molecule has 20 heavy (non-hydrogen) atoms. The first kappa shape index (κ1) is 13.6. The van der Waals surface area contributed by atoms with E-state index in [2.05, 4.69) is 24.0 Å². The largest absolute Gasteiger partial charge is 0.468 e. The molecule has 1 unspecified atom stereocenters. The molecule has 1 aliphatic heterocycles. The lowest BCUT2D eigenvalue weighted by Gasteiger charge is -2.39. The second kappa shape index (κ2) is 5.19. The molecule has 2 fully saturated rings. The van der Waals surface area contributed by atoms with Crippen molar-refractivity contribution in [3.8, 4) is 0 Å². The van der Waals surface area contributed by atoms with Gasteiger partial charge in [-0.15, -0.1) is 0 Å². The number of carbonyl (C=O) groups is 1. The molecule has 1 aromatic rings.